The predicted octanol–water partition coefficient (Wildman–Crippen LogP) is 4.61. The lowest BCUT2D eigenvalue weighted by Gasteiger charge is -2.14. The number of carbonyl (C=O) groups excluding carboxylic acids is 2. The third-order valence-electron chi connectivity index (χ3n) is 4.09. The van der Waals surface area contributed by atoms with Gasteiger partial charge in [-0.1, -0.05) is 77.7 Å². The molecule has 3 rings (SSSR count). The summed E-state index contributed by atoms with van der Waals surface area (Å²) in [6.45, 7) is 5.71. The largest absolute Gasteiger partial charge is 0.481 e. The Morgan fingerprint density at radius 1 is 1.16 bits per heavy atom. The lowest BCUT2D eigenvalue weighted by Crippen LogP contribution is -2.30. The Bertz CT molecular complexity index is 1020. The maximum Gasteiger partial charge on any atom is 0.265 e. The topological polar surface area (TPSA) is 80.3 Å². The summed E-state index contributed by atoms with van der Waals surface area (Å²) in [5.74, 6) is 0.484. The average molecular weight is 454 g/mol. The molecular formula is C23H23N3O3S2. The predicted molar refractivity (Wildman–Crippen MR) is 127 cm³/mol. The Labute approximate surface area is 189 Å². The van der Waals surface area contributed by atoms with Gasteiger partial charge in [-0.15, -0.1) is 6.58 Å². The molecule has 0 saturated carbocycles. The van der Waals surface area contributed by atoms with Crippen LogP contribution in [-0.2, 0) is 9.59 Å². The molecule has 1 aromatic heterocycles. The number of ether oxygens (including phenoxy) is 1. The molecule has 31 heavy (non-hydrogen) atoms. The van der Waals surface area contributed by atoms with E-state index >= 15 is 0 Å². The number of carbonyl (C=O) groups is 2. The third-order valence-corrected chi connectivity index (χ3v) is 6.20. The van der Waals surface area contributed by atoms with Crippen molar-refractivity contribution >= 4 is 39.9 Å². The molecule has 0 aliphatic carbocycles. The molecule has 2 amide bonds. The van der Waals surface area contributed by atoms with Crippen molar-refractivity contribution in [3.63, 3.8) is 0 Å². The van der Waals surface area contributed by atoms with E-state index in [0.29, 0.717) is 27.3 Å². The van der Waals surface area contributed by atoms with Crippen LogP contribution in [-0.4, -0.2) is 35.2 Å². The summed E-state index contributed by atoms with van der Waals surface area (Å²) in [5, 5.41) is 6.29. The van der Waals surface area contributed by atoms with E-state index in [9.17, 15) is 9.59 Å². The minimum atomic E-state index is -0.686. The Morgan fingerprint density at radius 2 is 1.84 bits per heavy atom. The Morgan fingerprint density at radius 3 is 2.52 bits per heavy atom. The lowest BCUT2D eigenvalue weighted by atomic mass is 10.2. The molecule has 2 aromatic carbocycles. The van der Waals surface area contributed by atoms with Crippen molar-refractivity contribution < 1.29 is 14.3 Å². The van der Waals surface area contributed by atoms with Gasteiger partial charge in [-0.2, -0.15) is 0 Å². The number of aromatic nitrogens is 1. The second kappa shape index (κ2) is 11.3. The molecule has 1 heterocycles. The van der Waals surface area contributed by atoms with Gasteiger partial charge < -0.3 is 15.4 Å². The fourth-order valence-electron chi connectivity index (χ4n) is 2.57. The van der Waals surface area contributed by atoms with Gasteiger partial charge in [-0.05, 0) is 19.1 Å². The number of para-hydroxylation sites is 1. The first-order valence-electron chi connectivity index (χ1n) is 9.66. The van der Waals surface area contributed by atoms with Crippen molar-refractivity contribution in [1.82, 2.24) is 10.3 Å². The zero-order valence-corrected chi connectivity index (χ0v) is 18.7. The summed E-state index contributed by atoms with van der Waals surface area (Å²) < 4.78 is 6.42. The monoisotopic (exact) mass is 453 g/mol. The Balaban J connectivity index is 1.74. The van der Waals surface area contributed by atoms with Crippen LogP contribution < -0.4 is 15.4 Å². The lowest BCUT2D eigenvalue weighted by molar-refractivity contribution is -0.122. The summed E-state index contributed by atoms with van der Waals surface area (Å²) in [4.78, 5) is 29.3. The van der Waals surface area contributed by atoms with Crippen LogP contribution in [0.25, 0.3) is 11.3 Å². The molecule has 0 bridgehead atoms. The summed E-state index contributed by atoms with van der Waals surface area (Å²) in [6, 6.07) is 18.8. The number of benzene rings is 2. The molecule has 1 unspecified atom stereocenters. The molecule has 0 aliphatic rings. The fraction of sp³-hybridized carbons (Fsp3) is 0.174. The van der Waals surface area contributed by atoms with Gasteiger partial charge >= 0.3 is 0 Å². The molecule has 0 spiro atoms. The number of nitrogens with zero attached hydrogens (tertiary/aromatic N) is 1. The van der Waals surface area contributed by atoms with Gasteiger partial charge in [0, 0.05) is 12.1 Å². The van der Waals surface area contributed by atoms with Gasteiger partial charge in [0.15, 0.2) is 10.4 Å². The van der Waals surface area contributed by atoms with E-state index in [4.69, 9.17) is 4.74 Å². The van der Waals surface area contributed by atoms with Crippen molar-refractivity contribution in [2.24, 2.45) is 0 Å². The van der Waals surface area contributed by atoms with E-state index in [1.165, 1.54) is 23.1 Å². The van der Waals surface area contributed by atoms with Crippen LogP contribution in [0.1, 0.15) is 6.92 Å². The second-order valence-corrected chi connectivity index (χ2v) is 8.69. The van der Waals surface area contributed by atoms with Crippen LogP contribution in [0.3, 0.4) is 0 Å². The quantitative estimate of drug-likeness (QED) is 0.346. The number of hydrogen-bond donors (Lipinski definition) is 2. The number of rotatable bonds is 10. The number of nitrogens with one attached hydrogen (secondary N) is 2. The van der Waals surface area contributed by atoms with Crippen molar-refractivity contribution in [3.05, 3.63) is 73.3 Å². The minimum absolute atomic E-state index is 0.100. The maximum absolute atomic E-state index is 12.8. The van der Waals surface area contributed by atoms with E-state index < -0.39 is 6.10 Å². The number of anilines is 1. The van der Waals surface area contributed by atoms with Gasteiger partial charge in [0.1, 0.15) is 16.4 Å². The van der Waals surface area contributed by atoms with E-state index in [1.54, 1.807) is 25.1 Å². The summed E-state index contributed by atoms with van der Waals surface area (Å²) in [6.07, 6.45) is 0.945. The SMILES string of the molecule is C=CCNC(=O)CSc1nc(-c2ccccc2)c(NC(=O)C(C)Oc2ccccc2)s1. The van der Waals surface area contributed by atoms with E-state index in [0.717, 1.165) is 5.56 Å². The first kappa shape index (κ1) is 22.6. The van der Waals surface area contributed by atoms with E-state index in [-0.39, 0.29) is 17.6 Å². The van der Waals surface area contributed by atoms with Crippen LogP contribution in [0.4, 0.5) is 5.00 Å². The number of thioether (sulfide) groups is 1. The van der Waals surface area contributed by atoms with E-state index in [1.807, 2.05) is 48.5 Å². The molecule has 0 fully saturated rings. The van der Waals surface area contributed by atoms with Gasteiger partial charge in [-0.25, -0.2) is 4.98 Å². The van der Waals surface area contributed by atoms with Crippen molar-refractivity contribution in [2.75, 3.05) is 17.6 Å². The second-order valence-electron chi connectivity index (χ2n) is 6.47. The Hall–Kier alpha value is -3.10. The molecular weight excluding hydrogens is 430 g/mol. The summed E-state index contributed by atoms with van der Waals surface area (Å²) >= 11 is 2.66. The molecule has 6 nitrogen and oxygen atoms in total. The molecule has 3 aromatic rings. The number of thiazole rings is 1. The van der Waals surface area contributed by atoms with Crippen molar-refractivity contribution in [2.45, 2.75) is 17.4 Å². The number of amides is 2. The molecule has 160 valence electrons. The third kappa shape index (κ3) is 6.70. The smallest absolute Gasteiger partial charge is 0.265 e. The highest BCUT2D eigenvalue weighted by atomic mass is 32.2. The van der Waals surface area contributed by atoms with Gasteiger partial charge in [0.05, 0.1) is 5.75 Å². The molecule has 1 atom stereocenters. The van der Waals surface area contributed by atoms with Crippen LogP contribution in [0.2, 0.25) is 0 Å². The minimum Gasteiger partial charge on any atom is -0.481 e. The van der Waals surface area contributed by atoms with Gasteiger partial charge in [0.2, 0.25) is 5.91 Å². The van der Waals surface area contributed by atoms with Crippen LogP contribution in [0.15, 0.2) is 77.7 Å². The highest BCUT2D eigenvalue weighted by molar-refractivity contribution is 8.01. The first-order chi connectivity index (χ1) is 15.1. The van der Waals surface area contributed by atoms with E-state index in [2.05, 4.69) is 22.2 Å². The van der Waals surface area contributed by atoms with Crippen LogP contribution in [0.5, 0.6) is 5.75 Å². The summed E-state index contributed by atoms with van der Waals surface area (Å²) in [5.41, 5.74) is 1.55. The zero-order valence-electron chi connectivity index (χ0n) is 17.0. The fourth-order valence-corrected chi connectivity index (χ4v) is 4.47. The van der Waals surface area contributed by atoms with Crippen LogP contribution in [0, 0.1) is 0 Å². The zero-order chi connectivity index (χ0) is 22.1. The van der Waals surface area contributed by atoms with Crippen LogP contribution >= 0.6 is 23.1 Å². The normalized spacial score (nSPS) is 11.4. The molecule has 0 saturated heterocycles. The standard InChI is InChI=1S/C23H23N3O3S2/c1-3-14-24-19(27)15-30-23-25-20(17-10-6-4-7-11-17)22(31-23)26-21(28)16(2)29-18-12-8-5-9-13-18/h3-13,16H,1,14-15H2,2H3,(H,24,27)(H,26,28). The Kier molecular flexibility index (Phi) is 8.26. The van der Waals surface area contributed by atoms with Crippen molar-refractivity contribution in [1.29, 1.82) is 0 Å². The molecule has 0 aliphatic heterocycles. The maximum atomic E-state index is 12.8. The van der Waals surface area contributed by atoms with Crippen molar-refractivity contribution in [3.8, 4) is 17.0 Å². The number of hydrogen-bond acceptors (Lipinski definition) is 6. The highest BCUT2D eigenvalue weighted by Gasteiger charge is 2.20. The van der Waals surface area contributed by atoms with Gasteiger partial charge in [0.25, 0.3) is 5.91 Å². The first-order valence-corrected chi connectivity index (χ1v) is 11.5. The summed E-state index contributed by atoms with van der Waals surface area (Å²) in [7, 11) is 0. The highest BCUT2D eigenvalue weighted by Crippen LogP contribution is 2.37. The molecule has 2 N–H and O–H groups in total. The average Bonchev–Trinajstić information content (AvgIpc) is 3.20. The van der Waals surface area contributed by atoms with Gasteiger partial charge in [-0.3, -0.25) is 9.59 Å². The molecule has 8 heteroatoms. The molecule has 0 radical (unpaired) electrons.